The first-order valence-corrected chi connectivity index (χ1v) is 5.76. The standard InChI is InChI=1S/C12H12ClF4N3/c1-20(2)19-10(7-5-3-4-6-8(7)14)9(13)11(18)12(15,16)17/h3-6H,18H2,1-2H3. The van der Waals surface area contributed by atoms with Gasteiger partial charge in [0.2, 0.25) is 0 Å². The van der Waals surface area contributed by atoms with E-state index in [9.17, 15) is 17.6 Å². The third-order valence-electron chi connectivity index (χ3n) is 2.18. The van der Waals surface area contributed by atoms with Crippen molar-refractivity contribution in [2.45, 2.75) is 6.18 Å². The molecular formula is C12H12ClF4N3. The molecule has 0 aliphatic carbocycles. The first-order valence-electron chi connectivity index (χ1n) is 5.38. The Morgan fingerprint density at radius 3 is 2.25 bits per heavy atom. The maximum absolute atomic E-state index is 13.7. The smallest absolute Gasteiger partial charge is 0.393 e. The van der Waals surface area contributed by atoms with Gasteiger partial charge in [0.25, 0.3) is 0 Å². The van der Waals surface area contributed by atoms with E-state index in [1.165, 1.54) is 37.3 Å². The summed E-state index contributed by atoms with van der Waals surface area (Å²) >= 11 is 5.64. The van der Waals surface area contributed by atoms with E-state index in [4.69, 9.17) is 17.3 Å². The van der Waals surface area contributed by atoms with E-state index >= 15 is 0 Å². The zero-order chi connectivity index (χ0) is 15.5. The Hall–Kier alpha value is -1.76. The predicted molar refractivity (Wildman–Crippen MR) is 69.7 cm³/mol. The molecule has 0 radical (unpaired) electrons. The highest BCUT2D eigenvalue weighted by Gasteiger charge is 2.35. The van der Waals surface area contributed by atoms with Crippen LogP contribution >= 0.6 is 11.6 Å². The summed E-state index contributed by atoms with van der Waals surface area (Å²) in [6, 6.07) is 5.21. The highest BCUT2D eigenvalue weighted by atomic mass is 35.5. The third-order valence-corrected chi connectivity index (χ3v) is 2.56. The van der Waals surface area contributed by atoms with Gasteiger partial charge in [0, 0.05) is 19.7 Å². The Bertz CT molecular complexity index is 550. The van der Waals surface area contributed by atoms with Gasteiger partial charge in [0.15, 0.2) is 0 Å². The lowest BCUT2D eigenvalue weighted by Crippen LogP contribution is -2.24. The van der Waals surface area contributed by atoms with Crippen molar-refractivity contribution in [3.8, 4) is 0 Å². The van der Waals surface area contributed by atoms with Gasteiger partial charge in [-0.2, -0.15) is 18.3 Å². The average molecular weight is 310 g/mol. The molecule has 3 nitrogen and oxygen atoms in total. The largest absolute Gasteiger partial charge is 0.432 e. The molecule has 2 N–H and O–H groups in total. The van der Waals surface area contributed by atoms with Crippen molar-refractivity contribution >= 4 is 17.3 Å². The summed E-state index contributed by atoms with van der Waals surface area (Å²) in [5, 5.41) is 4.13. The molecule has 1 aromatic carbocycles. The van der Waals surface area contributed by atoms with Crippen molar-refractivity contribution in [2.24, 2.45) is 10.8 Å². The molecule has 0 fully saturated rings. The summed E-state index contributed by atoms with van der Waals surface area (Å²) in [7, 11) is 2.93. The van der Waals surface area contributed by atoms with Gasteiger partial charge >= 0.3 is 6.18 Å². The highest BCUT2D eigenvalue weighted by molar-refractivity contribution is 6.46. The minimum Gasteiger partial charge on any atom is -0.393 e. The van der Waals surface area contributed by atoms with Gasteiger partial charge in [-0.1, -0.05) is 23.7 Å². The monoisotopic (exact) mass is 309 g/mol. The van der Waals surface area contributed by atoms with Crippen LogP contribution in [0.3, 0.4) is 0 Å². The zero-order valence-electron chi connectivity index (χ0n) is 10.7. The lowest BCUT2D eigenvalue weighted by atomic mass is 10.1. The summed E-state index contributed by atoms with van der Waals surface area (Å²) in [5.74, 6) is -0.749. The molecule has 20 heavy (non-hydrogen) atoms. The van der Waals surface area contributed by atoms with Gasteiger partial charge in [-0.3, -0.25) is 0 Å². The minimum absolute atomic E-state index is 0.168. The third kappa shape index (κ3) is 3.86. The molecule has 0 bridgehead atoms. The summed E-state index contributed by atoms with van der Waals surface area (Å²) in [4.78, 5) is 0. The molecular weight excluding hydrogens is 298 g/mol. The zero-order valence-corrected chi connectivity index (χ0v) is 11.4. The maximum atomic E-state index is 13.7. The lowest BCUT2D eigenvalue weighted by Gasteiger charge is -2.14. The summed E-state index contributed by atoms with van der Waals surface area (Å²) in [5.41, 5.74) is 2.88. The summed E-state index contributed by atoms with van der Waals surface area (Å²) in [6.07, 6.45) is -4.82. The molecule has 0 aliphatic rings. The van der Waals surface area contributed by atoms with Crippen LogP contribution in [0, 0.1) is 5.82 Å². The van der Waals surface area contributed by atoms with Gasteiger partial charge < -0.3 is 10.7 Å². The lowest BCUT2D eigenvalue weighted by molar-refractivity contribution is -0.0927. The van der Waals surface area contributed by atoms with E-state index in [1.807, 2.05) is 0 Å². The molecule has 0 aromatic heterocycles. The second-order valence-corrected chi connectivity index (χ2v) is 4.38. The minimum atomic E-state index is -4.82. The number of nitrogens with two attached hydrogens (primary N) is 1. The molecule has 0 saturated heterocycles. The van der Waals surface area contributed by atoms with Crippen molar-refractivity contribution in [3.63, 3.8) is 0 Å². The van der Waals surface area contributed by atoms with Crippen LogP contribution in [-0.4, -0.2) is 31.0 Å². The summed E-state index contributed by atoms with van der Waals surface area (Å²) in [6.45, 7) is 0. The number of nitrogens with zero attached hydrogens (tertiary/aromatic N) is 2. The number of halogens is 5. The topological polar surface area (TPSA) is 41.6 Å². The van der Waals surface area contributed by atoms with Crippen LogP contribution in [0.5, 0.6) is 0 Å². The predicted octanol–water partition coefficient (Wildman–Crippen LogP) is 3.06. The van der Waals surface area contributed by atoms with E-state index in [2.05, 4.69) is 5.10 Å². The van der Waals surface area contributed by atoms with Crippen molar-refractivity contribution in [3.05, 3.63) is 46.4 Å². The fourth-order valence-electron chi connectivity index (χ4n) is 1.32. The number of rotatable bonds is 3. The fourth-order valence-corrected chi connectivity index (χ4v) is 1.57. The van der Waals surface area contributed by atoms with Gasteiger partial charge in [-0.15, -0.1) is 0 Å². The Kier molecular flexibility index (Phi) is 4.99. The van der Waals surface area contributed by atoms with Crippen LogP contribution < -0.4 is 5.73 Å². The number of hydrogen-bond acceptors (Lipinski definition) is 3. The van der Waals surface area contributed by atoms with E-state index in [0.29, 0.717) is 0 Å². The molecule has 0 aliphatic heterocycles. The first-order chi connectivity index (χ1) is 9.14. The number of hydrazone groups is 1. The van der Waals surface area contributed by atoms with Crippen LogP contribution in [0.4, 0.5) is 17.6 Å². The first kappa shape index (κ1) is 16.3. The van der Waals surface area contributed by atoms with Crippen LogP contribution in [0.15, 0.2) is 40.1 Å². The average Bonchev–Trinajstić information content (AvgIpc) is 2.34. The second kappa shape index (κ2) is 6.13. The van der Waals surface area contributed by atoms with Gasteiger partial charge in [-0.25, -0.2) is 4.39 Å². The quantitative estimate of drug-likeness (QED) is 0.530. The molecule has 8 heteroatoms. The Labute approximate surface area is 118 Å². The van der Waals surface area contributed by atoms with Gasteiger partial charge in [0.1, 0.15) is 17.2 Å². The van der Waals surface area contributed by atoms with Gasteiger partial charge in [0.05, 0.1) is 5.03 Å². The molecule has 110 valence electrons. The molecule has 0 unspecified atom stereocenters. The number of allylic oxidation sites excluding steroid dienone is 2. The van der Waals surface area contributed by atoms with Crippen LogP contribution in [-0.2, 0) is 0 Å². The molecule has 0 spiro atoms. The number of benzene rings is 1. The van der Waals surface area contributed by atoms with Crippen molar-refractivity contribution in [1.82, 2.24) is 5.01 Å². The molecule has 0 heterocycles. The van der Waals surface area contributed by atoms with E-state index < -0.39 is 22.7 Å². The second-order valence-electron chi connectivity index (χ2n) is 4.00. The molecule has 0 amide bonds. The van der Waals surface area contributed by atoms with Crippen molar-refractivity contribution in [2.75, 3.05) is 14.1 Å². The van der Waals surface area contributed by atoms with Gasteiger partial charge in [-0.05, 0) is 12.1 Å². The van der Waals surface area contributed by atoms with Crippen LogP contribution in [0.2, 0.25) is 0 Å². The van der Waals surface area contributed by atoms with Crippen LogP contribution in [0.25, 0.3) is 0 Å². The summed E-state index contributed by atoms with van der Waals surface area (Å²) < 4.78 is 51.5. The van der Waals surface area contributed by atoms with E-state index in [-0.39, 0.29) is 11.3 Å². The van der Waals surface area contributed by atoms with Crippen molar-refractivity contribution < 1.29 is 17.6 Å². The number of alkyl halides is 3. The molecule has 1 aromatic rings. The maximum Gasteiger partial charge on any atom is 0.432 e. The Morgan fingerprint density at radius 2 is 1.80 bits per heavy atom. The Balaban J connectivity index is 3.48. The Morgan fingerprint density at radius 1 is 1.25 bits per heavy atom. The van der Waals surface area contributed by atoms with E-state index in [0.717, 1.165) is 6.07 Å². The SMILES string of the molecule is CN(C)N=C(C(Cl)=C(N)C(F)(F)F)c1ccccc1F. The molecule has 0 atom stereocenters. The number of hydrogen-bond donors (Lipinski definition) is 1. The van der Waals surface area contributed by atoms with E-state index in [1.54, 1.807) is 0 Å². The fraction of sp³-hybridized carbons (Fsp3) is 0.250. The molecule has 1 rings (SSSR count). The molecule has 0 saturated carbocycles. The van der Waals surface area contributed by atoms with Crippen molar-refractivity contribution in [1.29, 1.82) is 0 Å². The van der Waals surface area contributed by atoms with Crippen LogP contribution in [0.1, 0.15) is 5.56 Å². The highest BCUT2D eigenvalue weighted by Crippen LogP contribution is 2.28. The normalized spacial score (nSPS) is 14.1.